The predicted molar refractivity (Wildman–Crippen MR) is 88.9 cm³/mol. The average molecular weight is 345 g/mol. The highest BCUT2D eigenvalue weighted by atomic mass is 31.2. The summed E-state index contributed by atoms with van der Waals surface area (Å²) in [6.07, 6.45) is 0.672. The van der Waals surface area contributed by atoms with Crippen molar-refractivity contribution in [1.82, 2.24) is 9.13 Å². The van der Waals surface area contributed by atoms with E-state index in [4.69, 9.17) is 5.26 Å². The summed E-state index contributed by atoms with van der Waals surface area (Å²) in [6.45, 7) is 0. The van der Waals surface area contributed by atoms with Gasteiger partial charge in [0.25, 0.3) is 5.56 Å². The van der Waals surface area contributed by atoms with Crippen molar-refractivity contribution < 1.29 is 9.67 Å². The maximum Gasteiger partial charge on any atom is 0.331 e. The Hall–Kier alpha value is -2.42. The van der Waals surface area contributed by atoms with Crippen LogP contribution in [0, 0.1) is 11.3 Å². The number of aromatic nitrogens is 2. The van der Waals surface area contributed by atoms with E-state index in [2.05, 4.69) is 0 Å². The van der Waals surface area contributed by atoms with E-state index in [-0.39, 0.29) is 18.1 Å². The van der Waals surface area contributed by atoms with Crippen molar-refractivity contribution >= 4 is 12.4 Å². The van der Waals surface area contributed by atoms with Gasteiger partial charge < -0.3 is 9.67 Å². The molecule has 2 heterocycles. The third kappa shape index (κ3) is 2.35. The van der Waals surface area contributed by atoms with Crippen molar-refractivity contribution in [2.45, 2.75) is 18.3 Å². The smallest absolute Gasteiger partial charge is 0.331 e. The topological polar surface area (TPSA) is 105 Å². The molecule has 3 atom stereocenters. The normalized spacial score (nSPS) is 26.2. The predicted octanol–water partition coefficient (Wildman–Crippen LogP) is 0.370. The highest BCUT2D eigenvalue weighted by molar-refractivity contribution is 7.72. The molecule has 0 saturated carbocycles. The molecule has 7 nitrogen and oxygen atoms in total. The van der Waals surface area contributed by atoms with Gasteiger partial charge >= 0.3 is 5.69 Å². The average Bonchev–Trinajstić information content (AvgIpc) is 2.90. The lowest BCUT2D eigenvalue weighted by molar-refractivity contribution is 0.150. The molecule has 0 bridgehead atoms. The Labute approximate surface area is 137 Å². The van der Waals surface area contributed by atoms with Crippen LogP contribution in [0.5, 0.6) is 0 Å². The van der Waals surface area contributed by atoms with E-state index in [1.54, 1.807) is 36.4 Å². The van der Waals surface area contributed by atoms with Crippen LogP contribution in [0.15, 0.2) is 46.1 Å². The minimum absolute atomic E-state index is 0.226. The van der Waals surface area contributed by atoms with E-state index in [1.807, 2.05) is 0 Å². The minimum Gasteiger partial charge on any atom is -0.390 e. The summed E-state index contributed by atoms with van der Waals surface area (Å²) in [5.74, 6) is -0.980. The molecule has 1 aromatic heterocycles. The van der Waals surface area contributed by atoms with Crippen molar-refractivity contribution in [3.63, 3.8) is 0 Å². The number of rotatable bonds is 2. The van der Waals surface area contributed by atoms with Crippen molar-refractivity contribution in [3.8, 4) is 6.07 Å². The molecule has 0 amide bonds. The second-order valence-electron chi connectivity index (χ2n) is 5.83. The lowest BCUT2D eigenvalue weighted by Gasteiger charge is -2.25. The zero-order valence-electron chi connectivity index (χ0n) is 13.0. The summed E-state index contributed by atoms with van der Waals surface area (Å²) < 4.78 is 15.5. The minimum atomic E-state index is -3.11. The second-order valence-corrected chi connectivity index (χ2v) is 8.92. The van der Waals surface area contributed by atoms with Crippen LogP contribution in [0.2, 0.25) is 0 Å². The summed E-state index contributed by atoms with van der Waals surface area (Å²) in [5, 5.41) is 20.1. The lowest BCUT2D eigenvalue weighted by Crippen LogP contribution is -2.42. The van der Waals surface area contributed by atoms with Gasteiger partial charge in [-0.1, -0.05) is 30.3 Å². The Kier molecular flexibility index (Phi) is 4.04. The van der Waals surface area contributed by atoms with E-state index in [1.165, 1.54) is 7.05 Å². The quantitative estimate of drug-likeness (QED) is 0.792. The van der Waals surface area contributed by atoms with Gasteiger partial charge in [-0.25, -0.2) is 4.79 Å². The second kappa shape index (κ2) is 5.90. The number of nitrogens with zero attached hydrogens (tertiary/aromatic N) is 3. The molecule has 1 N–H and O–H groups in total. The van der Waals surface area contributed by atoms with Crippen molar-refractivity contribution in [1.29, 1.82) is 5.26 Å². The van der Waals surface area contributed by atoms with Gasteiger partial charge in [-0.05, 0) is 6.42 Å². The summed E-state index contributed by atoms with van der Waals surface area (Å²) in [6, 6.07) is 10.5. The van der Waals surface area contributed by atoms with E-state index in [0.29, 0.717) is 5.30 Å². The molecule has 1 fully saturated rings. The first-order chi connectivity index (χ1) is 11.4. The molecule has 1 aliphatic rings. The molecule has 0 spiro atoms. The number of hydrogen-bond acceptors (Lipinski definition) is 5. The number of benzene rings is 1. The molecule has 8 heteroatoms. The zero-order chi connectivity index (χ0) is 17.5. The van der Waals surface area contributed by atoms with Gasteiger partial charge in [0.2, 0.25) is 0 Å². The highest BCUT2D eigenvalue weighted by Gasteiger charge is 2.47. The van der Waals surface area contributed by atoms with Crippen molar-refractivity contribution in [2.24, 2.45) is 7.05 Å². The third-order valence-electron chi connectivity index (χ3n) is 4.44. The molecule has 0 radical (unpaired) electrons. The molecular weight excluding hydrogens is 329 g/mol. The standard InChI is InChI=1S/C16H16N3O4P/c1-18-14(21)11(9-17)10-19(16(18)22)15-13(20)7-8-24(15,23)12-5-3-2-4-6-12/h2-6,10,13,15,20H,7-8H2,1H3/t13-,15-,24?/m1/s1. The molecule has 1 unspecified atom stereocenters. The van der Waals surface area contributed by atoms with Crippen LogP contribution in [0.3, 0.4) is 0 Å². The molecule has 1 aromatic carbocycles. The molecule has 124 valence electrons. The zero-order valence-corrected chi connectivity index (χ0v) is 13.9. The largest absolute Gasteiger partial charge is 0.390 e. The van der Waals surface area contributed by atoms with Gasteiger partial charge in [0.1, 0.15) is 24.6 Å². The van der Waals surface area contributed by atoms with Gasteiger partial charge in [-0.15, -0.1) is 0 Å². The highest BCUT2D eigenvalue weighted by Crippen LogP contribution is 2.62. The Morgan fingerprint density at radius 1 is 1.29 bits per heavy atom. The van der Waals surface area contributed by atoms with Gasteiger partial charge in [-0.3, -0.25) is 13.9 Å². The molecular formula is C16H16N3O4P. The van der Waals surface area contributed by atoms with Crippen LogP contribution in [-0.4, -0.2) is 26.5 Å². The first kappa shape index (κ1) is 16.4. The first-order valence-electron chi connectivity index (χ1n) is 7.45. The maximum absolute atomic E-state index is 13.6. The molecule has 3 rings (SSSR count). The monoisotopic (exact) mass is 345 g/mol. The fourth-order valence-corrected chi connectivity index (χ4v) is 6.61. The Morgan fingerprint density at radius 2 is 1.96 bits per heavy atom. The van der Waals surface area contributed by atoms with Crippen LogP contribution in [0.25, 0.3) is 0 Å². The number of aliphatic hydroxyl groups excluding tert-OH is 1. The fourth-order valence-electron chi connectivity index (χ4n) is 3.19. The van der Waals surface area contributed by atoms with Gasteiger partial charge in [0.15, 0.2) is 0 Å². The third-order valence-corrected chi connectivity index (χ3v) is 7.98. The molecule has 2 aromatic rings. The molecule has 0 aliphatic carbocycles. The van der Waals surface area contributed by atoms with Crippen LogP contribution in [0.1, 0.15) is 17.8 Å². The Bertz CT molecular complexity index is 987. The number of aliphatic hydroxyl groups is 1. The SMILES string of the molecule is Cn1c(=O)c(C#N)cn([C@H]2[C@H](O)CCP2(=O)c2ccccc2)c1=O. The van der Waals surface area contributed by atoms with E-state index >= 15 is 0 Å². The lowest BCUT2D eigenvalue weighted by atomic mass is 10.2. The summed E-state index contributed by atoms with van der Waals surface area (Å²) in [4.78, 5) is 24.4. The van der Waals surface area contributed by atoms with Gasteiger partial charge in [0.05, 0.1) is 6.10 Å². The summed E-state index contributed by atoms with van der Waals surface area (Å²) in [5.41, 5.74) is -1.63. The molecule has 1 aliphatic heterocycles. The van der Waals surface area contributed by atoms with Crippen LogP contribution >= 0.6 is 7.14 Å². The number of hydrogen-bond donors (Lipinski definition) is 1. The van der Waals surface area contributed by atoms with Gasteiger partial charge in [-0.2, -0.15) is 5.26 Å². The first-order valence-corrected chi connectivity index (χ1v) is 9.41. The maximum atomic E-state index is 13.6. The van der Waals surface area contributed by atoms with Crippen LogP contribution in [0.4, 0.5) is 0 Å². The summed E-state index contributed by atoms with van der Waals surface area (Å²) >= 11 is 0. The van der Waals surface area contributed by atoms with Gasteiger partial charge in [0, 0.05) is 24.7 Å². The van der Waals surface area contributed by atoms with E-state index in [9.17, 15) is 19.3 Å². The molecule has 24 heavy (non-hydrogen) atoms. The Balaban J connectivity index is 2.27. The van der Waals surface area contributed by atoms with E-state index < -0.39 is 30.3 Å². The summed E-state index contributed by atoms with van der Waals surface area (Å²) in [7, 11) is -1.85. The Morgan fingerprint density at radius 3 is 2.58 bits per heavy atom. The number of nitriles is 1. The van der Waals surface area contributed by atoms with Crippen LogP contribution < -0.4 is 16.6 Å². The van der Waals surface area contributed by atoms with Crippen molar-refractivity contribution in [3.05, 3.63) is 62.9 Å². The van der Waals surface area contributed by atoms with Crippen LogP contribution in [-0.2, 0) is 11.6 Å². The fraction of sp³-hybridized carbons (Fsp3) is 0.312. The molecule has 1 saturated heterocycles. The van der Waals surface area contributed by atoms with E-state index in [0.717, 1.165) is 15.3 Å². The van der Waals surface area contributed by atoms with Crippen molar-refractivity contribution in [2.75, 3.05) is 6.16 Å².